The van der Waals surface area contributed by atoms with Crippen molar-refractivity contribution in [2.45, 2.75) is 13.8 Å². The second-order valence-corrected chi connectivity index (χ2v) is 9.52. The number of fused-ring (bicyclic) bond motifs is 3. The fourth-order valence-electron chi connectivity index (χ4n) is 5.25. The molecule has 42 heavy (non-hydrogen) atoms. The first-order valence-corrected chi connectivity index (χ1v) is 13.6. The van der Waals surface area contributed by atoms with E-state index in [4.69, 9.17) is 18.9 Å². The summed E-state index contributed by atoms with van der Waals surface area (Å²) in [6.45, 7) is 3.46. The van der Waals surface area contributed by atoms with E-state index in [1.54, 1.807) is 50.2 Å². The second-order valence-electron chi connectivity index (χ2n) is 9.52. The number of benzene rings is 4. The first-order chi connectivity index (χ1) is 20.5. The lowest BCUT2D eigenvalue weighted by atomic mass is 10.0. The SMILES string of the molecule is CCOC(=O)C(C(=O)OCC)=c1/c(=C/c2ccc3c(c2)OCO3)c2ccccc2c(=O)n1-c1cccc2ccccc12. The number of esters is 2. The highest BCUT2D eigenvalue weighted by Gasteiger charge is 2.27. The number of ether oxygens (including phenoxy) is 4. The molecule has 210 valence electrons. The van der Waals surface area contributed by atoms with E-state index in [9.17, 15) is 14.4 Å². The molecule has 0 spiro atoms. The van der Waals surface area contributed by atoms with Crippen LogP contribution in [0.15, 0.2) is 89.7 Å². The van der Waals surface area contributed by atoms with Gasteiger partial charge < -0.3 is 18.9 Å². The Balaban J connectivity index is 1.89. The lowest BCUT2D eigenvalue weighted by molar-refractivity contribution is -0.142. The van der Waals surface area contributed by atoms with Crippen LogP contribution in [0.4, 0.5) is 0 Å². The molecule has 4 aromatic carbocycles. The summed E-state index contributed by atoms with van der Waals surface area (Å²) in [6.07, 6.45) is 1.82. The van der Waals surface area contributed by atoms with Crippen molar-refractivity contribution < 1.29 is 28.5 Å². The summed E-state index contributed by atoms with van der Waals surface area (Å²) in [4.78, 5) is 41.6. The number of carbonyl (C=O) groups excluding carboxylic acids is 2. The van der Waals surface area contributed by atoms with Crippen LogP contribution in [0.3, 0.4) is 0 Å². The van der Waals surface area contributed by atoms with E-state index >= 15 is 0 Å². The highest BCUT2D eigenvalue weighted by atomic mass is 16.7. The van der Waals surface area contributed by atoms with Gasteiger partial charge in [-0.1, -0.05) is 60.7 Å². The van der Waals surface area contributed by atoms with Crippen LogP contribution >= 0.6 is 0 Å². The monoisotopic (exact) mass is 561 g/mol. The molecule has 6 rings (SSSR count). The summed E-state index contributed by atoms with van der Waals surface area (Å²) in [6, 6.07) is 25.7. The molecule has 0 atom stereocenters. The Bertz CT molecular complexity index is 2030. The molecule has 0 radical (unpaired) electrons. The number of nitrogens with zero attached hydrogens (tertiary/aromatic N) is 1. The minimum atomic E-state index is -0.889. The van der Waals surface area contributed by atoms with E-state index < -0.39 is 17.5 Å². The molecule has 0 saturated carbocycles. The maximum Gasteiger partial charge on any atom is 0.347 e. The predicted molar refractivity (Wildman–Crippen MR) is 159 cm³/mol. The number of carbonyl (C=O) groups is 2. The van der Waals surface area contributed by atoms with E-state index in [2.05, 4.69) is 0 Å². The molecule has 0 fully saturated rings. The van der Waals surface area contributed by atoms with Gasteiger partial charge in [-0.25, -0.2) is 9.59 Å². The third-order valence-electron chi connectivity index (χ3n) is 7.04. The molecular formula is C34H27NO7. The Morgan fingerprint density at radius 1 is 0.786 bits per heavy atom. The van der Waals surface area contributed by atoms with Crippen molar-refractivity contribution in [1.29, 1.82) is 0 Å². The Morgan fingerprint density at radius 3 is 2.17 bits per heavy atom. The van der Waals surface area contributed by atoms with Gasteiger partial charge in [-0.2, -0.15) is 0 Å². The number of hydrogen-bond donors (Lipinski definition) is 0. The van der Waals surface area contributed by atoms with Crippen molar-refractivity contribution >= 4 is 45.1 Å². The summed E-state index contributed by atoms with van der Waals surface area (Å²) in [7, 11) is 0. The summed E-state index contributed by atoms with van der Waals surface area (Å²) in [5, 5.41) is 3.15. The number of pyridine rings is 1. The maximum atomic E-state index is 14.4. The normalized spacial score (nSPS) is 12.5. The summed E-state index contributed by atoms with van der Waals surface area (Å²) >= 11 is 0. The van der Waals surface area contributed by atoms with Gasteiger partial charge in [0, 0.05) is 16.0 Å². The van der Waals surface area contributed by atoms with Gasteiger partial charge in [-0.05, 0) is 60.5 Å². The zero-order valence-electron chi connectivity index (χ0n) is 23.1. The molecule has 5 aromatic rings. The molecule has 0 saturated heterocycles. The highest BCUT2D eigenvalue weighted by molar-refractivity contribution is 6.36. The van der Waals surface area contributed by atoms with E-state index in [-0.39, 0.29) is 30.9 Å². The first-order valence-electron chi connectivity index (χ1n) is 13.6. The van der Waals surface area contributed by atoms with Gasteiger partial charge in [-0.15, -0.1) is 0 Å². The Morgan fingerprint density at radius 2 is 1.43 bits per heavy atom. The molecule has 1 aromatic heterocycles. The third kappa shape index (κ3) is 4.66. The fraction of sp³-hybridized carbons (Fsp3) is 0.147. The first kappa shape index (κ1) is 26.8. The Kier molecular flexibility index (Phi) is 7.19. The molecule has 1 aliphatic rings. The van der Waals surface area contributed by atoms with E-state index in [0.29, 0.717) is 38.7 Å². The van der Waals surface area contributed by atoms with Crippen LogP contribution < -0.4 is 25.6 Å². The second kappa shape index (κ2) is 11.2. The van der Waals surface area contributed by atoms with Crippen LogP contribution in [0.2, 0.25) is 0 Å². The smallest absolute Gasteiger partial charge is 0.347 e. The topological polar surface area (TPSA) is 93.1 Å². The average Bonchev–Trinajstić information content (AvgIpc) is 3.47. The molecular weight excluding hydrogens is 534 g/mol. The van der Waals surface area contributed by atoms with E-state index in [1.165, 1.54) is 4.57 Å². The number of rotatable bonds is 6. The molecule has 8 heteroatoms. The van der Waals surface area contributed by atoms with Gasteiger partial charge in [0.1, 0.15) is 0 Å². The summed E-state index contributed by atoms with van der Waals surface area (Å²) in [5.41, 5.74) is 0.443. The third-order valence-corrected chi connectivity index (χ3v) is 7.04. The largest absolute Gasteiger partial charge is 0.462 e. The van der Waals surface area contributed by atoms with Gasteiger partial charge in [0.15, 0.2) is 17.1 Å². The highest BCUT2D eigenvalue weighted by Crippen LogP contribution is 2.32. The van der Waals surface area contributed by atoms with Crippen LogP contribution in [-0.2, 0) is 19.1 Å². The van der Waals surface area contributed by atoms with Crippen LogP contribution in [0, 0.1) is 0 Å². The predicted octanol–water partition coefficient (Wildman–Crippen LogP) is 3.98. The molecule has 0 amide bonds. The van der Waals surface area contributed by atoms with Crippen molar-refractivity contribution in [2.75, 3.05) is 20.0 Å². The summed E-state index contributed by atoms with van der Waals surface area (Å²) in [5.74, 6) is -0.597. The molecule has 1 aliphatic heterocycles. The van der Waals surface area contributed by atoms with E-state index in [0.717, 1.165) is 10.8 Å². The minimum Gasteiger partial charge on any atom is -0.462 e. The van der Waals surface area contributed by atoms with Crippen LogP contribution in [0.5, 0.6) is 11.5 Å². The van der Waals surface area contributed by atoms with Crippen molar-refractivity contribution in [3.05, 3.63) is 111 Å². The molecule has 0 unspecified atom stereocenters. The molecule has 0 aliphatic carbocycles. The van der Waals surface area contributed by atoms with Crippen LogP contribution in [0.1, 0.15) is 19.4 Å². The number of aromatic nitrogens is 1. The van der Waals surface area contributed by atoms with Crippen molar-refractivity contribution in [1.82, 2.24) is 4.57 Å². The Hall–Kier alpha value is -5.37. The Labute approximate surface area is 240 Å². The van der Waals surface area contributed by atoms with Crippen molar-refractivity contribution in [3.8, 4) is 17.2 Å². The molecule has 0 N–H and O–H groups in total. The molecule has 8 nitrogen and oxygen atoms in total. The summed E-state index contributed by atoms with van der Waals surface area (Å²) < 4.78 is 23.3. The standard InChI is InChI=1S/C34H27NO7/c1-3-39-33(37)30(34(38)40-4-2)31-26(18-21-16-17-28-29(19-21)42-20-41-28)24-13-7-8-14-25(24)32(36)35(31)27-15-9-11-22-10-5-6-12-23(22)27/h5-19H,3-4,20H2,1-2H3/b26-18+. The number of hydrogen-bond acceptors (Lipinski definition) is 7. The molecule has 2 heterocycles. The van der Waals surface area contributed by atoms with Gasteiger partial charge >= 0.3 is 11.9 Å². The van der Waals surface area contributed by atoms with Gasteiger partial charge in [0.05, 0.1) is 24.3 Å². The van der Waals surface area contributed by atoms with E-state index in [1.807, 2.05) is 54.6 Å². The van der Waals surface area contributed by atoms with Crippen molar-refractivity contribution in [2.24, 2.45) is 0 Å². The average molecular weight is 562 g/mol. The lowest BCUT2D eigenvalue weighted by Crippen LogP contribution is -2.47. The maximum absolute atomic E-state index is 14.4. The van der Waals surface area contributed by atoms with Gasteiger partial charge in [0.25, 0.3) is 5.56 Å². The molecule has 0 bridgehead atoms. The quantitative estimate of drug-likeness (QED) is 0.229. The zero-order chi connectivity index (χ0) is 29.2. The van der Waals surface area contributed by atoms with Crippen molar-refractivity contribution in [3.63, 3.8) is 0 Å². The lowest BCUT2D eigenvalue weighted by Gasteiger charge is -2.16. The fourth-order valence-corrected chi connectivity index (χ4v) is 5.25. The van der Waals surface area contributed by atoms with Crippen LogP contribution in [0.25, 0.3) is 38.9 Å². The van der Waals surface area contributed by atoms with Gasteiger partial charge in [-0.3, -0.25) is 9.36 Å². The minimum absolute atomic E-state index is 0.0228. The van der Waals surface area contributed by atoms with Crippen LogP contribution in [-0.4, -0.2) is 36.5 Å². The van der Waals surface area contributed by atoms with Gasteiger partial charge in [0.2, 0.25) is 6.79 Å². The zero-order valence-corrected chi connectivity index (χ0v) is 23.1.